The van der Waals surface area contributed by atoms with Crippen LogP contribution in [0.4, 0.5) is 5.69 Å². The maximum Gasteiger partial charge on any atom is 0.313 e. The van der Waals surface area contributed by atoms with Crippen LogP contribution in [0.5, 0.6) is 0 Å². The van der Waals surface area contributed by atoms with Crippen LogP contribution in [-0.2, 0) is 9.59 Å². The van der Waals surface area contributed by atoms with Crippen molar-refractivity contribution in [1.82, 2.24) is 5.32 Å². The average molecular weight is 347 g/mol. The lowest BCUT2D eigenvalue weighted by molar-refractivity contribution is -0.136. The quantitative estimate of drug-likeness (QED) is 0.838. The van der Waals surface area contributed by atoms with Crippen LogP contribution in [0.2, 0.25) is 0 Å². The normalized spacial score (nSPS) is 11.5. The van der Waals surface area contributed by atoms with Gasteiger partial charge in [0.2, 0.25) is 0 Å². The van der Waals surface area contributed by atoms with E-state index in [1.165, 1.54) is 0 Å². The molecule has 4 nitrogen and oxygen atoms in total. The van der Waals surface area contributed by atoms with Gasteiger partial charge in [-0.2, -0.15) is 0 Å². The van der Waals surface area contributed by atoms with Crippen molar-refractivity contribution in [3.05, 3.63) is 64.6 Å². The molecular formula is C16H15BrN2O2. The predicted octanol–water partition coefficient (Wildman–Crippen LogP) is 3.27. The average Bonchev–Trinajstić information content (AvgIpc) is 2.50. The van der Waals surface area contributed by atoms with E-state index in [0.29, 0.717) is 5.69 Å². The van der Waals surface area contributed by atoms with E-state index in [1.807, 2.05) is 37.3 Å². The fourth-order valence-electron chi connectivity index (χ4n) is 1.81. The van der Waals surface area contributed by atoms with Gasteiger partial charge in [0, 0.05) is 10.2 Å². The molecular weight excluding hydrogens is 332 g/mol. The minimum absolute atomic E-state index is 0.227. The Labute approximate surface area is 131 Å². The topological polar surface area (TPSA) is 58.2 Å². The highest BCUT2D eigenvalue weighted by atomic mass is 79.9. The van der Waals surface area contributed by atoms with Crippen LogP contribution >= 0.6 is 15.9 Å². The van der Waals surface area contributed by atoms with Crippen LogP contribution in [0.15, 0.2) is 59.1 Å². The fourth-order valence-corrected chi connectivity index (χ4v) is 2.07. The molecule has 0 aliphatic carbocycles. The Morgan fingerprint density at radius 2 is 1.57 bits per heavy atom. The fraction of sp³-hybridized carbons (Fsp3) is 0.125. The molecule has 2 aromatic rings. The molecule has 2 N–H and O–H groups in total. The molecule has 0 aliphatic rings. The Hall–Kier alpha value is -2.14. The third kappa shape index (κ3) is 4.43. The number of hydrogen-bond acceptors (Lipinski definition) is 2. The van der Waals surface area contributed by atoms with E-state index in [0.717, 1.165) is 10.0 Å². The van der Waals surface area contributed by atoms with Gasteiger partial charge in [0.1, 0.15) is 0 Å². The lowest BCUT2D eigenvalue weighted by Gasteiger charge is -2.14. The molecule has 0 saturated heterocycles. The van der Waals surface area contributed by atoms with Crippen LogP contribution in [-0.4, -0.2) is 11.8 Å². The maximum atomic E-state index is 11.9. The van der Waals surface area contributed by atoms with Gasteiger partial charge in [-0.15, -0.1) is 0 Å². The van der Waals surface area contributed by atoms with Crippen molar-refractivity contribution >= 4 is 33.4 Å². The number of anilines is 1. The molecule has 0 fully saturated rings. The number of carbonyl (C=O) groups excluding carboxylic acids is 2. The van der Waals surface area contributed by atoms with Crippen LogP contribution in [0, 0.1) is 0 Å². The van der Waals surface area contributed by atoms with Crippen molar-refractivity contribution in [2.75, 3.05) is 5.32 Å². The number of carbonyl (C=O) groups is 2. The highest BCUT2D eigenvalue weighted by Gasteiger charge is 2.16. The first-order valence-corrected chi connectivity index (χ1v) is 7.28. The van der Waals surface area contributed by atoms with Crippen LogP contribution in [0.1, 0.15) is 18.5 Å². The van der Waals surface area contributed by atoms with Crippen LogP contribution < -0.4 is 10.6 Å². The molecule has 1 atom stereocenters. The zero-order valence-electron chi connectivity index (χ0n) is 11.5. The third-order valence-electron chi connectivity index (χ3n) is 2.96. The lowest BCUT2D eigenvalue weighted by atomic mass is 10.1. The molecule has 0 heterocycles. The van der Waals surface area contributed by atoms with Gasteiger partial charge in [0.15, 0.2) is 0 Å². The largest absolute Gasteiger partial charge is 0.341 e. The van der Waals surface area contributed by atoms with Gasteiger partial charge in [0.25, 0.3) is 0 Å². The summed E-state index contributed by atoms with van der Waals surface area (Å²) in [5.74, 6) is -1.34. The second-order valence-electron chi connectivity index (χ2n) is 4.57. The third-order valence-corrected chi connectivity index (χ3v) is 3.48. The first-order chi connectivity index (χ1) is 10.1. The molecule has 1 unspecified atom stereocenters. The number of nitrogens with one attached hydrogen (secondary N) is 2. The molecule has 0 aromatic heterocycles. The van der Waals surface area contributed by atoms with Gasteiger partial charge >= 0.3 is 11.8 Å². The van der Waals surface area contributed by atoms with Gasteiger partial charge in [-0.3, -0.25) is 9.59 Å². The summed E-state index contributed by atoms with van der Waals surface area (Å²) in [6, 6.07) is 16.3. The second-order valence-corrected chi connectivity index (χ2v) is 5.48. The first kappa shape index (κ1) is 15.3. The van der Waals surface area contributed by atoms with Crippen LogP contribution in [0.3, 0.4) is 0 Å². The van der Waals surface area contributed by atoms with E-state index >= 15 is 0 Å². The Balaban J connectivity index is 1.93. The highest BCUT2D eigenvalue weighted by Crippen LogP contribution is 2.14. The minimum Gasteiger partial charge on any atom is -0.341 e. The van der Waals surface area contributed by atoms with E-state index in [9.17, 15) is 9.59 Å². The van der Waals surface area contributed by atoms with E-state index < -0.39 is 11.8 Å². The SMILES string of the molecule is CC(NC(=O)C(=O)Nc1ccc(Br)cc1)c1ccccc1. The van der Waals surface area contributed by atoms with Crippen LogP contribution in [0.25, 0.3) is 0 Å². The number of amides is 2. The van der Waals surface area contributed by atoms with Crippen molar-refractivity contribution in [3.63, 3.8) is 0 Å². The molecule has 0 aliphatic heterocycles. The summed E-state index contributed by atoms with van der Waals surface area (Å²) in [7, 11) is 0. The number of hydrogen-bond donors (Lipinski definition) is 2. The molecule has 0 spiro atoms. The van der Waals surface area contributed by atoms with Crippen molar-refractivity contribution < 1.29 is 9.59 Å². The van der Waals surface area contributed by atoms with Gasteiger partial charge < -0.3 is 10.6 Å². The van der Waals surface area contributed by atoms with Crippen molar-refractivity contribution in [3.8, 4) is 0 Å². The Morgan fingerprint density at radius 3 is 2.19 bits per heavy atom. The Morgan fingerprint density at radius 1 is 0.952 bits per heavy atom. The zero-order valence-corrected chi connectivity index (χ0v) is 13.1. The summed E-state index contributed by atoms with van der Waals surface area (Å²) in [4.78, 5) is 23.7. The summed E-state index contributed by atoms with van der Waals surface area (Å²) in [5, 5.41) is 5.22. The summed E-state index contributed by atoms with van der Waals surface area (Å²) >= 11 is 3.31. The van der Waals surface area contributed by atoms with Gasteiger partial charge in [-0.25, -0.2) is 0 Å². The summed E-state index contributed by atoms with van der Waals surface area (Å²) < 4.78 is 0.905. The summed E-state index contributed by atoms with van der Waals surface area (Å²) in [5.41, 5.74) is 1.52. The first-order valence-electron chi connectivity index (χ1n) is 6.48. The molecule has 5 heteroatoms. The second kappa shape index (κ2) is 7.04. The minimum atomic E-state index is -0.680. The van der Waals surface area contributed by atoms with E-state index in [2.05, 4.69) is 26.6 Å². The van der Waals surface area contributed by atoms with E-state index in [1.54, 1.807) is 24.3 Å². The molecule has 2 amide bonds. The molecule has 0 radical (unpaired) electrons. The van der Waals surface area contributed by atoms with Gasteiger partial charge in [-0.1, -0.05) is 46.3 Å². The van der Waals surface area contributed by atoms with Crippen molar-refractivity contribution in [2.24, 2.45) is 0 Å². The van der Waals surface area contributed by atoms with Gasteiger partial charge in [0.05, 0.1) is 6.04 Å². The Kier molecular flexibility index (Phi) is 5.11. The molecule has 108 valence electrons. The monoisotopic (exact) mass is 346 g/mol. The van der Waals surface area contributed by atoms with E-state index in [-0.39, 0.29) is 6.04 Å². The smallest absolute Gasteiger partial charge is 0.313 e. The molecule has 2 aromatic carbocycles. The molecule has 0 bridgehead atoms. The van der Waals surface area contributed by atoms with Gasteiger partial charge in [-0.05, 0) is 36.8 Å². The molecule has 21 heavy (non-hydrogen) atoms. The number of rotatable bonds is 3. The highest BCUT2D eigenvalue weighted by molar-refractivity contribution is 9.10. The summed E-state index contributed by atoms with van der Waals surface area (Å²) in [6.45, 7) is 1.83. The molecule has 0 saturated carbocycles. The number of benzene rings is 2. The lowest BCUT2D eigenvalue weighted by Crippen LogP contribution is -2.36. The maximum absolute atomic E-state index is 11.9. The summed E-state index contributed by atoms with van der Waals surface area (Å²) in [6.07, 6.45) is 0. The zero-order chi connectivity index (χ0) is 15.2. The van der Waals surface area contributed by atoms with Crippen molar-refractivity contribution in [1.29, 1.82) is 0 Å². The molecule has 2 rings (SSSR count). The standard InChI is InChI=1S/C16H15BrN2O2/c1-11(12-5-3-2-4-6-12)18-15(20)16(21)19-14-9-7-13(17)8-10-14/h2-11H,1H3,(H,18,20)(H,19,21). The Bertz CT molecular complexity index is 626. The predicted molar refractivity (Wildman–Crippen MR) is 85.8 cm³/mol. The van der Waals surface area contributed by atoms with Crippen molar-refractivity contribution in [2.45, 2.75) is 13.0 Å². The van der Waals surface area contributed by atoms with E-state index in [4.69, 9.17) is 0 Å². The number of halogens is 1.